The van der Waals surface area contributed by atoms with E-state index >= 15 is 0 Å². The van der Waals surface area contributed by atoms with Crippen molar-refractivity contribution < 1.29 is 9.59 Å². The Morgan fingerprint density at radius 2 is 1.82 bits per heavy atom. The number of anilines is 1. The lowest BCUT2D eigenvalue weighted by Gasteiger charge is -2.32. The fourth-order valence-corrected chi connectivity index (χ4v) is 3.78. The summed E-state index contributed by atoms with van der Waals surface area (Å²) in [6.45, 7) is 1.76. The Kier molecular flexibility index (Phi) is 5.67. The van der Waals surface area contributed by atoms with Crippen molar-refractivity contribution in [2.75, 3.05) is 18.0 Å². The molecule has 1 saturated heterocycles. The minimum absolute atomic E-state index is 0.0355. The maximum atomic E-state index is 12.2. The third-order valence-corrected chi connectivity index (χ3v) is 5.78. The van der Waals surface area contributed by atoms with E-state index in [-0.39, 0.29) is 30.6 Å². The van der Waals surface area contributed by atoms with Gasteiger partial charge < -0.3 is 10.2 Å². The van der Waals surface area contributed by atoms with E-state index in [0.29, 0.717) is 16.5 Å². The summed E-state index contributed by atoms with van der Waals surface area (Å²) in [5, 5.41) is 11.3. The summed E-state index contributed by atoms with van der Waals surface area (Å²) >= 11 is 5.83. The van der Waals surface area contributed by atoms with Crippen LogP contribution in [0.4, 0.5) is 5.82 Å². The fraction of sp³-hybridized carbons (Fsp3) is 0.476. The number of rotatable bonds is 7. The van der Waals surface area contributed by atoms with Crippen LogP contribution in [0.15, 0.2) is 30.3 Å². The number of benzene rings is 1. The standard InChI is InChI=1S/C21H25ClN4O2/c22-16-5-3-15(4-6-16)19(27)7-8-21(28)23-17-9-11-26(12-10-17)20-13-18(24-25-20)14-1-2-14/h3-6,13-14,17H,1-2,7-12H2,(H,23,28)(H,24,25). The molecule has 2 heterocycles. The Bertz CT molecular complexity index is 836. The van der Waals surface area contributed by atoms with E-state index in [0.717, 1.165) is 31.7 Å². The highest BCUT2D eigenvalue weighted by atomic mass is 35.5. The van der Waals surface area contributed by atoms with Gasteiger partial charge >= 0.3 is 0 Å². The number of nitrogens with zero attached hydrogens (tertiary/aromatic N) is 2. The number of carbonyl (C=O) groups excluding carboxylic acids is 2. The summed E-state index contributed by atoms with van der Waals surface area (Å²) in [6.07, 6.45) is 4.73. The van der Waals surface area contributed by atoms with Gasteiger partial charge in [0, 0.05) is 60.2 Å². The SMILES string of the molecule is O=C(CCC(=O)c1ccc(Cl)cc1)NC1CCN(c2cc(C3CC3)[nH]n2)CC1. The first-order chi connectivity index (χ1) is 13.6. The zero-order valence-corrected chi connectivity index (χ0v) is 16.5. The summed E-state index contributed by atoms with van der Waals surface area (Å²) in [5.41, 5.74) is 1.84. The molecular formula is C21H25ClN4O2. The molecule has 0 radical (unpaired) electrons. The van der Waals surface area contributed by atoms with Crippen molar-refractivity contribution in [1.82, 2.24) is 15.5 Å². The van der Waals surface area contributed by atoms with Crippen LogP contribution in [-0.2, 0) is 4.79 Å². The Labute approximate surface area is 169 Å². The first-order valence-electron chi connectivity index (χ1n) is 9.97. The average molecular weight is 401 g/mol. The largest absolute Gasteiger partial charge is 0.355 e. The number of hydrogen-bond donors (Lipinski definition) is 2. The highest BCUT2D eigenvalue weighted by molar-refractivity contribution is 6.30. The summed E-state index contributed by atoms with van der Waals surface area (Å²) in [6, 6.07) is 9.10. The van der Waals surface area contributed by atoms with Gasteiger partial charge in [-0.25, -0.2) is 0 Å². The van der Waals surface area contributed by atoms with Gasteiger partial charge in [-0.2, -0.15) is 5.10 Å². The van der Waals surface area contributed by atoms with Gasteiger partial charge in [0.25, 0.3) is 0 Å². The number of halogens is 1. The second-order valence-corrected chi connectivity index (χ2v) is 8.15. The molecule has 28 heavy (non-hydrogen) atoms. The van der Waals surface area contributed by atoms with E-state index in [9.17, 15) is 9.59 Å². The molecular weight excluding hydrogens is 376 g/mol. The molecule has 1 aromatic carbocycles. The lowest BCUT2D eigenvalue weighted by atomic mass is 10.0. The molecule has 0 spiro atoms. The number of aromatic nitrogens is 2. The van der Waals surface area contributed by atoms with Crippen LogP contribution in [0.1, 0.15) is 60.5 Å². The van der Waals surface area contributed by atoms with E-state index < -0.39 is 0 Å². The van der Waals surface area contributed by atoms with Gasteiger partial charge in [0.15, 0.2) is 11.6 Å². The smallest absolute Gasteiger partial charge is 0.220 e. The van der Waals surface area contributed by atoms with Gasteiger partial charge in [-0.15, -0.1) is 0 Å². The van der Waals surface area contributed by atoms with Crippen LogP contribution in [-0.4, -0.2) is 41.0 Å². The highest BCUT2D eigenvalue weighted by Crippen LogP contribution is 2.40. The van der Waals surface area contributed by atoms with Gasteiger partial charge in [0.1, 0.15) is 0 Å². The zero-order chi connectivity index (χ0) is 19.5. The van der Waals surface area contributed by atoms with E-state index in [1.165, 1.54) is 18.5 Å². The summed E-state index contributed by atoms with van der Waals surface area (Å²) in [5.74, 6) is 1.59. The molecule has 1 aliphatic heterocycles. The predicted octanol–water partition coefficient (Wildman–Crippen LogP) is 3.69. The third-order valence-electron chi connectivity index (χ3n) is 5.53. The van der Waals surface area contributed by atoms with Crippen LogP contribution >= 0.6 is 11.6 Å². The summed E-state index contributed by atoms with van der Waals surface area (Å²) in [4.78, 5) is 26.7. The molecule has 0 bridgehead atoms. The first-order valence-corrected chi connectivity index (χ1v) is 10.3. The molecule has 1 amide bonds. The second kappa shape index (κ2) is 8.35. The maximum absolute atomic E-state index is 12.2. The topological polar surface area (TPSA) is 78.1 Å². The molecule has 2 N–H and O–H groups in total. The minimum Gasteiger partial charge on any atom is -0.355 e. The molecule has 0 unspecified atom stereocenters. The number of H-pyrrole nitrogens is 1. The van der Waals surface area contributed by atoms with Crippen LogP contribution in [0.3, 0.4) is 0 Å². The fourth-order valence-electron chi connectivity index (χ4n) is 3.65. The van der Waals surface area contributed by atoms with Gasteiger partial charge in [0.05, 0.1) is 0 Å². The van der Waals surface area contributed by atoms with Crippen molar-refractivity contribution in [3.63, 3.8) is 0 Å². The van der Waals surface area contributed by atoms with Crippen molar-refractivity contribution in [3.8, 4) is 0 Å². The van der Waals surface area contributed by atoms with E-state index in [4.69, 9.17) is 11.6 Å². The Morgan fingerprint density at radius 3 is 2.50 bits per heavy atom. The number of carbonyl (C=O) groups is 2. The van der Waals surface area contributed by atoms with E-state index in [2.05, 4.69) is 26.5 Å². The van der Waals surface area contributed by atoms with Crippen molar-refractivity contribution in [2.45, 2.75) is 50.5 Å². The van der Waals surface area contributed by atoms with Crippen LogP contribution < -0.4 is 10.2 Å². The Hall–Kier alpha value is -2.34. The Morgan fingerprint density at radius 1 is 1.11 bits per heavy atom. The number of aromatic amines is 1. The quantitative estimate of drug-likeness (QED) is 0.695. The first kappa shape index (κ1) is 19.0. The number of hydrogen-bond acceptors (Lipinski definition) is 4. The molecule has 2 aliphatic rings. The number of ketones is 1. The van der Waals surface area contributed by atoms with Gasteiger partial charge in [-0.1, -0.05) is 11.6 Å². The van der Waals surface area contributed by atoms with Crippen molar-refractivity contribution in [3.05, 3.63) is 46.6 Å². The molecule has 2 aromatic rings. The molecule has 0 atom stereocenters. The van der Waals surface area contributed by atoms with E-state index in [1.807, 2.05) is 0 Å². The molecule has 1 aliphatic carbocycles. The molecule has 6 nitrogen and oxygen atoms in total. The average Bonchev–Trinajstić information content (AvgIpc) is 3.44. The molecule has 2 fully saturated rings. The molecule has 1 aromatic heterocycles. The normalized spacial score (nSPS) is 17.5. The van der Waals surface area contributed by atoms with Gasteiger partial charge in [-0.05, 0) is 49.9 Å². The molecule has 1 saturated carbocycles. The lowest BCUT2D eigenvalue weighted by molar-refractivity contribution is -0.121. The number of piperidine rings is 1. The van der Waals surface area contributed by atoms with E-state index in [1.54, 1.807) is 24.3 Å². The zero-order valence-electron chi connectivity index (χ0n) is 15.8. The lowest BCUT2D eigenvalue weighted by Crippen LogP contribution is -2.44. The van der Waals surface area contributed by atoms with Gasteiger partial charge in [-0.3, -0.25) is 14.7 Å². The maximum Gasteiger partial charge on any atom is 0.220 e. The second-order valence-electron chi connectivity index (χ2n) is 7.71. The molecule has 4 rings (SSSR count). The third kappa shape index (κ3) is 4.73. The van der Waals surface area contributed by atoms with Crippen molar-refractivity contribution in [2.24, 2.45) is 0 Å². The van der Waals surface area contributed by atoms with Crippen LogP contribution in [0.5, 0.6) is 0 Å². The summed E-state index contributed by atoms with van der Waals surface area (Å²) in [7, 11) is 0. The molecule has 148 valence electrons. The van der Waals surface area contributed by atoms with Crippen molar-refractivity contribution in [1.29, 1.82) is 0 Å². The minimum atomic E-state index is -0.0587. The van der Waals surface area contributed by atoms with Crippen LogP contribution in [0.2, 0.25) is 5.02 Å². The monoisotopic (exact) mass is 400 g/mol. The number of amides is 1. The number of Topliss-reactive ketones (excluding diaryl/α,β-unsaturated/α-hetero) is 1. The van der Waals surface area contributed by atoms with Crippen LogP contribution in [0.25, 0.3) is 0 Å². The van der Waals surface area contributed by atoms with Gasteiger partial charge in [0.2, 0.25) is 5.91 Å². The Balaban J connectivity index is 1.19. The highest BCUT2D eigenvalue weighted by Gasteiger charge is 2.27. The summed E-state index contributed by atoms with van der Waals surface area (Å²) < 4.78 is 0. The van der Waals surface area contributed by atoms with Crippen LogP contribution in [0, 0.1) is 0 Å². The van der Waals surface area contributed by atoms with Crippen molar-refractivity contribution >= 4 is 29.1 Å². The number of nitrogens with one attached hydrogen (secondary N) is 2. The predicted molar refractivity (Wildman–Crippen MR) is 109 cm³/mol. The molecule has 7 heteroatoms.